The lowest BCUT2D eigenvalue weighted by molar-refractivity contribution is 0.337. The molecule has 0 aromatic rings. The van der Waals surface area contributed by atoms with Crippen molar-refractivity contribution in [3.05, 3.63) is 23.7 Å². The van der Waals surface area contributed by atoms with E-state index in [1.807, 2.05) is 0 Å². The van der Waals surface area contributed by atoms with Crippen LogP contribution in [0.4, 0.5) is 0 Å². The van der Waals surface area contributed by atoms with Crippen LogP contribution in [0.2, 0.25) is 0 Å². The largest absolute Gasteiger partial charge is 0.467 e. The van der Waals surface area contributed by atoms with Crippen molar-refractivity contribution in [1.29, 1.82) is 0 Å². The molecule has 0 unspecified atom stereocenters. The van der Waals surface area contributed by atoms with E-state index in [1.165, 1.54) is 5.57 Å². The molecule has 0 aromatic heterocycles. The van der Waals surface area contributed by atoms with Crippen LogP contribution in [0.25, 0.3) is 0 Å². The van der Waals surface area contributed by atoms with Crippen LogP contribution in [0, 0.1) is 0 Å². The third-order valence-corrected chi connectivity index (χ3v) is 1.46. The minimum atomic E-state index is 0.909. The molecule has 0 aliphatic carbocycles. The summed E-state index contributed by atoms with van der Waals surface area (Å²) in [5.74, 6) is 2.02. The number of hydrogen-bond acceptors (Lipinski definition) is 1. The van der Waals surface area contributed by atoms with E-state index < -0.39 is 0 Å². The van der Waals surface area contributed by atoms with Crippen LogP contribution >= 0.6 is 0 Å². The van der Waals surface area contributed by atoms with Gasteiger partial charge in [-0.25, -0.2) is 0 Å². The maximum Gasteiger partial charge on any atom is 0.103 e. The Kier molecular flexibility index (Phi) is 1.60. The first-order valence-electron chi connectivity index (χ1n) is 3.22. The minimum absolute atomic E-state index is 0.909. The summed E-state index contributed by atoms with van der Waals surface area (Å²) in [5, 5.41) is 0. The van der Waals surface area contributed by atoms with E-state index in [-0.39, 0.29) is 0 Å². The van der Waals surface area contributed by atoms with Gasteiger partial charge in [-0.15, -0.1) is 0 Å². The van der Waals surface area contributed by atoms with Crippen LogP contribution in [0.3, 0.4) is 0 Å². The fourth-order valence-corrected chi connectivity index (χ4v) is 0.881. The molecule has 1 aliphatic rings. The quantitative estimate of drug-likeness (QED) is 0.482. The molecule has 0 aromatic carbocycles. The minimum Gasteiger partial charge on any atom is -0.467 e. The third-order valence-electron chi connectivity index (χ3n) is 1.46. The van der Waals surface area contributed by atoms with E-state index in [2.05, 4.69) is 20.4 Å². The Bertz CT molecular complexity index is 161. The second-order valence-corrected chi connectivity index (χ2v) is 2.56. The topological polar surface area (TPSA) is 9.23 Å². The molecule has 0 saturated carbocycles. The van der Waals surface area contributed by atoms with Gasteiger partial charge in [-0.3, -0.25) is 0 Å². The van der Waals surface area contributed by atoms with Crippen LogP contribution in [0.5, 0.6) is 0 Å². The van der Waals surface area contributed by atoms with Gasteiger partial charge in [0.2, 0.25) is 0 Å². The number of allylic oxidation sites excluding steroid dienone is 3. The van der Waals surface area contributed by atoms with Gasteiger partial charge in [0.05, 0.1) is 5.76 Å². The highest BCUT2D eigenvalue weighted by atomic mass is 16.5. The first-order valence-corrected chi connectivity index (χ1v) is 3.22. The molecule has 1 aliphatic heterocycles. The molecule has 0 N–H and O–H groups in total. The lowest BCUT2D eigenvalue weighted by Crippen LogP contribution is -1.79. The Morgan fingerprint density at radius 1 is 1.44 bits per heavy atom. The van der Waals surface area contributed by atoms with Crippen LogP contribution in [-0.2, 0) is 4.74 Å². The van der Waals surface area contributed by atoms with E-state index in [1.54, 1.807) is 0 Å². The molecule has 1 heteroatoms. The smallest absolute Gasteiger partial charge is 0.103 e. The highest BCUT2D eigenvalue weighted by Crippen LogP contribution is 2.26. The highest BCUT2D eigenvalue weighted by molar-refractivity contribution is 5.12. The molecule has 0 atom stereocenters. The summed E-state index contributed by atoms with van der Waals surface area (Å²) in [6.07, 6.45) is 2.04. The number of rotatable bonds is 0. The van der Waals surface area contributed by atoms with Crippen molar-refractivity contribution >= 4 is 0 Å². The molecular formula is C8H12O. The van der Waals surface area contributed by atoms with Crippen molar-refractivity contribution in [3.8, 4) is 0 Å². The first-order chi connectivity index (χ1) is 4.20. The van der Waals surface area contributed by atoms with Gasteiger partial charge >= 0.3 is 0 Å². The van der Waals surface area contributed by atoms with Gasteiger partial charge in [0.25, 0.3) is 0 Å². The zero-order valence-electron chi connectivity index (χ0n) is 6.03. The molecular weight excluding hydrogens is 112 g/mol. The van der Waals surface area contributed by atoms with Crippen LogP contribution < -0.4 is 0 Å². The zero-order valence-corrected chi connectivity index (χ0v) is 6.03. The second kappa shape index (κ2) is 2.26. The van der Waals surface area contributed by atoms with E-state index in [0.717, 1.165) is 24.4 Å². The Morgan fingerprint density at radius 3 is 2.33 bits per heavy atom. The molecule has 0 spiro atoms. The van der Waals surface area contributed by atoms with Crippen molar-refractivity contribution in [2.45, 2.75) is 26.7 Å². The van der Waals surface area contributed by atoms with E-state index in [9.17, 15) is 0 Å². The summed E-state index contributed by atoms with van der Waals surface area (Å²) in [4.78, 5) is 0. The van der Waals surface area contributed by atoms with Crippen LogP contribution in [-0.4, -0.2) is 0 Å². The summed E-state index contributed by atoms with van der Waals surface area (Å²) in [6, 6.07) is 0. The van der Waals surface area contributed by atoms with Crippen molar-refractivity contribution in [2.75, 3.05) is 0 Å². The van der Waals surface area contributed by atoms with E-state index in [0.29, 0.717) is 0 Å². The standard InChI is InChI=1S/C8H12O/c1-6(2)8-5-4-7(3)9-8/h3-5H2,1-2H3. The molecule has 50 valence electrons. The van der Waals surface area contributed by atoms with E-state index >= 15 is 0 Å². The summed E-state index contributed by atoms with van der Waals surface area (Å²) < 4.78 is 5.31. The molecule has 1 rings (SSSR count). The molecule has 1 saturated heterocycles. The van der Waals surface area contributed by atoms with Crippen molar-refractivity contribution in [1.82, 2.24) is 0 Å². The molecule has 0 radical (unpaired) electrons. The summed E-state index contributed by atoms with van der Waals surface area (Å²) in [7, 11) is 0. The zero-order chi connectivity index (χ0) is 6.85. The molecule has 0 bridgehead atoms. The Balaban J connectivity index is 2.69. The molecule has 1 heterocycles. The maximum atomic E-state index is 5.31. The SMILES string of the molecule is C=C1CCC(=C(C)C)O1. The fraction of sp³-hybridized carbons (Fsp3) is 0.500. The van der Waals surface area contributed by atoms with Gasteiger partial charge in [-0.05, 0) is 19.4 Å². The van der Waals surface area contributed by atoms with E-state index in [4.69, 9.17) is 4.74 Å². The Labute approximate surface area is 56.0 Å². The predicted octanol–water partition coefficient (Wildman–Crippen LogP) is 2.60. The van der Waals surface area contributed by atoms with Crippen LogP contribution in [0.15, 0.2) is 23.7 Å². The third kappa shape index (κ3) is 1.35. The Hall–Kier alpha value is -0.720. The summed E-state index contributed by atoms with van der Waals surface area (Å²) in [6.45, 7) is 7.86. The summed E-state index contributed by atoms with van der Waals surface area (Å²) in [5.41, 5.74) is 1.27. The molecule has 1 nitrogen and oxygen atoms in total. The first kappa shape index (κ1) is 6.40. The average Bonchev–Trinajstić information content (AvgIpc) is 2.14. The van der Waals surface area contributed by atoms with Gasteiger partial charge < -0.3 is 4.74 Å². The fourth-order valence-electron chi connectivity index (χ4n) is 0.881. The van der Waals surface area contributed by atoms with Gasteiger partial charge in [0, 0.05) is 12.8 Å². The van der Waals surface area contributed by atoms with Gasteiger partial charge in [-0.1, -0.05) is 6.58 Å². The number of ether oxygens (including phenoxy) is 1. The molecule has 0 amide bonds. The highest BCUT2D eigenvalue weighted by Gasteiger charge is 2.12. The molecule has 9 heavy (non-hydrogen) atoms. The lowest BCUT2D eigenvalue weighted by atomic mass is 10.2. The van der Waals surface area contributed by atoms with Crippen molar-refractivity contribution < 1.29 is 4.74 Å². The van der Waals surface area contributed by atoms with Gasteiger partial charge in [-0.2, -0.15) is 0 Å². The molecule has 1 fully saturated rings. The lowest BCUT2D eigenvalue weighted by Gasteiger charge is -1.98. The normalized spacial score (nSPS) is 18.0. The van der Waals surface area contributed by atoms with Crippen LogP contribution in [0.1, 0.15) is 26.7 Å². The Morgan fingerprint density at radius 2 is 2.11 bits per heavy atom. The summed E-state index contributed by atoms with van der Waals surface area (Å²) >= 11 is 0. The predicted molar refractivity (Wildman–Crippen MR) is 37.8 cm³/mol. The van der Waals surface area contributed by atoms with Crippen molar-refractivity contribution in [3.63, 3.8) is 0 Å². The van der Waals surface area contributed by atoms with Crippen molar-refractivity contribution in [2.24, 2.45) is 0 Å². The second-order valence-electron chi connectivity index (χ2n) is 2.56. The number of hydrogen-bond donors (Lipinski definition) is 0. The van der Waals surface area contributed by atoms with Gasteiger partial charge in [0.15, 0.2) is 0 Å². The monoisotopic (exact) mass is 124 g/mol. The van der Waals surface area contributed by atoms with Gasteiger partial charge in [0.1, 0.15) is 5.76 Å². The maximum absolute atomic E-state index is 5.31. The average molecular weight is 124 g/mol.